The van der Waals surface area contributed by atoms with Gasteiger partial charge in [-0.2, -0.15) is 5.10 Å². The van der Waals surface area contributed by atoms with Gasteiger partial charge in [0.25, 0.3) is 5.91 Å². The summed E-state index contributed by atoms with van der Waals surface area (Å²) in [6.07, 6.45) is 1.82. The first-order valence-corrected chi connectivity index (χ1v) is 7.22. The second kappa shape index (κ2) is 7.28. The molecule has 0 spiro atoms. The number of nitrogens with one attached hydrogen (secondary N) is 1. The molecule has 114 valence electrons. The van der Waals surface area contributed by atoms with Gasteiger partial charge < -0.3 is 16.0 Å². The van der Waals surface area contributed by atoms with Crippen LogP contribution in [0.15, 0.2) is 0 Å². The van der Waals surface area contributed by atoms with E-state index in [4.69, 9.17) is 5.73 Å². The van der Waals surface area contributed by atoms with Gasteiger partial charge in [0, 0.05) is 26.2 Å². The molecule has 0 bridgehead atoms. The summed E-state index contributed by atoms with van der Waals surface area (Å²) in [4.78, 5) is 14.4. The van der Waals surface area contributed by atoms with Crippen molar-refractivity contribution in [3.63, 3.8) is 0 Å². The fourth-order valence-electron chi connectivity index (χ4n) is 2.09. The zero-order valence-corrected chi connectivity index (χ0v) is 13.2. The Morgan fingerprint density at radius 3 is 2.65 bits per heavy atom. The molecule has 0 aliphatic rings. The van der Waals surface area contributed by atoms with Crippen LogP contribution in [0, 0.1) is 0 Å². The van der Waals surface area contributed by atoms with Crippen molar-refractivity contribution >= 4 is 11.6 Å². The Balaban J connectivity index is 2.58. The van der Waals surface area contributed by atoms with Crippen molar-refractivity contribution in [2.75, 3.05) is 25.9 Å². The third-order valence-corrected chi connectivity index (χ3v) is 3.80. The van der Waals surface area contributed by atoms with E-state index in [1.54, 1.807) is 11.7 Å². The van der Waals surface area contributed by atoms with E-state index >= 15 is 0 Å². The Morgan fingerprint density at radius 2 is 2.15 bits per heavy atom. The van der Waals surface area contributed by atoms with Crippen LogP contribution >= 0.6 is 0 Å². The Hall–Kier alpha value is -1.56. The number of aryl methyl sites for hydroxylation is 2. The van der Waals surface area contributed by atoms with Gasteiger partial charge in [-0.15, -0.1) is 0 Å². The maximum absolute atomic E-state index is 12.2. The van der Waals surface area contributed by atoms with Gasteiger partial charge in [-0.3, -0.25) is 9.48 Å². The molecule has 0 fully saturated rings. The van der Waals surface area contributed by atoms with Crippen LogP contribution in [0.25, 0.3) is 0 Å². The summed E-state index contributed by atoms with van der Waals surface area (Å²) in [6, 6.07) is 0.514. The largest absolute Gasteiger partial charge is 0.395 e. The van der Waals surface area contributed by atoms with E-state index in [1.807, 2.05) is 6.92 Å². The number of rotatable bonds is 7. The lowest BCUT2D eigenvalue weighted by Crippen LogP contribution is -2.37. The monoisotopic (exact) mass is 281 g/mol. The van der Waals surface area contributed by atoms with Gasteiger partial charge in [-0.1, -0.05) is 13.8 Å². The van der Waals surface area contributed by atoms with Gasteiger partial charge in [0.05, 0.1) is 11.4 Å². The highest BCUT2D eigenvalue weighted by Crippen LogP contribution is 2.16. The highest BCUT2D eigenvalue weighted by molar-refractivity contribution is 5.97. The molecule has 0 aromatic carbocycles. The normalized spacial score (nSPS) is 12.7. The van der Waals surface area contributed by atoms with E-state index in [9.17, 15) is 4.79 Å². The summed E-state index contributed by atoms with van der Waals surface area (Å²) in [6.45, 7) is 7.73. The van der Waals surface area contributed by atoms with Crippen LogP contribution in [0.1, 0.15) is 43.4 Å². The van der Waals surface area contributed by atoms with Crippen molar-refractivity contribution in [3.05, 3.63) is 11.4 Å². The second-order valence-corrected chi connectivity index (χ2v) is 5.18. The van der Waals surface area contributed by atoms with Crippen LogP contribution in [0.5, 0.6) is 0 Å². The number of likely N-dealkylation sites (N-methyl/N-ethyl adjacent to an activating group) is 1. The van der Waals surface area contributed by atoms with Gasteiger partial charge >= 0.3 is 0 Å². The highest BCUT2D eigenvalue weighted by Gasteiger charge is 2.18. The molecular weight excluding hydrogens is 254 g/mol. The summed E-state index contributed by atoms with van der Waals surface area (Å²) < 4.78 is 1.56. The number of anilines is 1. The maximum atomic E-state index is 12.2. The Morgan fingerprint density at radius 1 is 1.50 bits per heavy atom. The van der Waals surface area contributed by atoms with Gasteiger partial charge in [-0.05, 0) is 26.8 Å². The molecule has 1 amide bonds. The molecule has 0 saturated heterocycles. The van der Waals surface area contributed by atoms with E-state index in [2.05, 4.69) is 36.2 Å². The number of nitrogens with zero attached hydrogens (tertiary/aromatic N) is 3. The molecule has 6 nitrogen and oxygen atoms in total. The van der Waals surface area contributed by atoms with Gasteiger partial charge in [0.1, 0.15) is 5.69 Å². The number of nitrogens with two attached hydrogens (primary N) is 1. The number of amides is 1. The SMILES string of the molecule is CCc1nn(C)c(C(=O)NCCN(C)C(C)CC)c1N. The third-order valence-electron chi connectivity index (χ3n) is 3.80. The Kier molecular flexibility index (Phi) is 6.01. The van der Waals surface area contributed by atoms with Gasteiger partial charge in [-0.25, -0.2) is 0 Å². The molecule has 0 aliphatic heterocycles. The first-order chi connectivity index (χ1) is 9.42. The van der Waals surface area contributed by atoms with E-state index in [0.29, 0.717) is 24.0 Å². The lowest BCUT2D eigenvalue weighted by atomic mass is 10.2. The average molecular weight is 281 g/mol. The van der Waals surface area contributed by atoms with Gasteiger partial charge in [0.15, 0.2) is 0 Å². The highest BCUT2D eigenvalue weighted by atomic mass is 16.2. The van der Waals surface area contributed by atoms with Crippen LogP contribution in [0.3, 0.4) is 0 Å². The smallest absolute Gasteiger partial charge is 0.271 e. The summed E-state index contributed by atoms with van der Waals surface area (Å²) in [5, 5.41) is 7.16. The molecule has 1 aromatic rings. The summed E-state index contributed by atoms with van der Waals surface area (Å²) in [7, 11) is 3.81. The van der Waals surface area contributed by atoms with E-state index in [1.165, 1.54) is 0 Å². The number of hydrogen-bond acceptors (Lipinski definition) is 4. The Labute approximate surface area is 121 Å². The van der Waals surface area contributed by atoms with Crippen LogP contribution in [0.2, 0.25) is 0 Å². The molecule has 1 rings (SSSR count). The summed E-state index contributed by atoms with van der Waals surface area (Å²) >= 11 is 0. The maximum Gasteiger partial charge on any atom is 0.271 e. The number of carbonyl (C=O) groups is 1. The number of nitrogen functional groups attached to an aromatic ring is 1. The van der Waals surface area contributed by atoms with Crippen LogP contribution in [0.4, 0.5) is 5.69 Å². The van der Waals surface area contributed by atoms with E-state index in [0.717, 1.165) is 25.1 Å². The van der Waals surface area contributed by atoms with Crippen molar-refractivity contribution in [1.29, 1.82) is 0 Å². The number of carbonyl (C=O) groups excluding carboxylic acids is 1. The fraction of sp³-hybridized carbons (Fsp3) is 0.714. The van der Waals surface area contributed by atoms with Crippen LogP contribution < -0.4 is 11.1 Å². The minimum Gasteiger partial charge on any atom is -0.395 e. The van der Waals surface area contributed by atoms with E-state index < -0.39 is 0 Å². The molecule has 1 atom stereocenters. The predicted octanol–water partition coefficient (Wildman–Crippen LogP) is 1.02. The average Bonchev–Trinajstić information content (AvgIpc) is 2.71. The third kappa shape index (κ3) is 3.72. The first-order valence-electron chi connectivity index (χ1n) is 7.22. The quantitative estimate of drug-likeness (QED) is 0.782. The van der Waals surface area contributed by atoms with Crippen molar-refractivity contribution < 1.29 is 4.79 Å². The standard InChI is InChI=1S/C14H27N5O/c1-6-10(3)18(4)9-8-16-14(20)13-12(15)11(7-2)17-19(13)5/h10H,6-9,15H2,1-5H3,(H,16,20). The zero-order chi connectivity index (χ0) is 15.3. The lowest BCUT2D eigenvalue weighted by molar-refractivity contribution is 0.0939. The van der Waals surface area contributed by atoms with Crippen molar-refractivity contribution in [2.24, 2.45) is 7.05 Å². The molecule has 1 unspecified atom stereocenters. The van der Waals surface area contributed by atoms with E-state index in [-0.39, 0.29) is 5.91 Å². The van der Waals surface area contributed by atoms with Crippen LogP contribution in [-0.4, -0.2) is 46.8 Å². The van der Waals surface area contributed by atoms with Crippen molar-refractivity contribution in [2.45, 2.75) is 39.7 Å². The molecular formula is C14H27N5O. The predicted molar refractivity (Wildman–Crippen MR) is 81.7 cm³/mol. The lowest BCUT2D eigenvalue weighted by Gasteiger charge is -2.23. The van der Waals surface area contributed by atoms with Gasteiger partial charge in [0.2, 0.25) is 0 Å². The molecule has 6 heteroatoms. The summed E-state index contributed by atoms with van der Waals surface area (Å²) in [5.74, 6) is -0.158. The second-order valence-electron chi connectivity index (χ2n) is 5.18. The molecule has 0 aliphatic carbocycles. The molecule has 1 aromatic heterocycles. The topological polar surface area (TPSA) is 76.2 Å². The molecule has 0 saturated carbocycles. The van der Waals surface area contributed by atoms with Crippen molar-refractivity contribution in [1.82, 2.24) is 20.0 Å². The van der Waals surface area contributed by atoms with Crippen LogP contribution in [-0.2, 0) is 13.5 Å². The minimum absolute atomic E-state index is 0.158. The fourth-order valence-corrected chi connectivity index (χ4v) is 2.09. The molecule has 20 heavy (non-hydrogen) atoms. The molecule has 0 radical (unpaired) electrons. The molecule has 3 N–H and O–H groups in total. The Bertz CT molecular complexity index is 455. The zero-order valence-electron chi connectivity index (χ0n) is 13.2. The molecule has 1 heterocycles. The number of hydrogen-bond donors (Lipinski definition) is 2. The summed E-state index contributed by atoms with van der Waals surface area (Å²) in [5.41, 5.74) is 7.68. The van der Waals surface area contributed by atoms with Crippen molar-refractivity contribution in [3.8, 4) is 0 Å². The number of aromatic nitrogens is 2. The minimum atomic E-state index is -0.158. The first kappa shape index (κ1) is 16.5.